The minimum atomic E-state index is 0.898. The van der Waals surface area contributed by atoms with Crippen molar-refractivity contribution >= 4 is 16.3 Å². The average Bonchev–Trinajstić information content (AvgIpc) is 1.72. The second-order valence-electron chi connectivity index (χ2n) is 2.18. The third-order valence-corrected chi connectivity index (χ3v) is 0.866. The first-order chi connectivity index (χ1) is 3.77. The summed E-state index contributed by atoms with van der Waals surface area (Å²) in [5, 5.41) is 0. The molecule has 0 saturated carbocycles. The molecule has 0 aliphatic rings. The molecule has 0 heterocycles. The molecule has 0 bridgehead atoms. The van der Waals surface area contributed by atoms with Crippen LogP contribution in [0.3, 0.4) is 0 Å². The molecule has 0 aromatic carbocycles. The van der Waals surface area contributed by atoms with Gasteiger partial charge in [-0.1, -0.05) is 33.6 Å². The molecule has 0 fully saturated rings. The van der Waals surface area contributed by atoms with Crippen molar-refractivity contribution in [2.45, 2.75) is 33.6 Å². The van der Waals surface area contributed by atoms with Gasteiger partial charge in [0.15, 0.2) is 0 Å². The molecule has 0 saturated heterocycles. The zero-order valence-corrected chi connectivity index (χ0v) is 7.40. The molecule has 0 rings (SSSR count). The van der Waals surface area contributed by atoms with Crippen molar-refractivity contribution in [3.63, 3.8) is 0 Å². The van der Waals surface area contributed by atoms with Crippen LogP contribution >= 0.6 is 16.3 Å². The monoisotopic (exact) mass is 182 g/mol. The van der Waals surface area contributed by atoms with E-state index in [-0.39, 0.29) is 0 Å². The lowest BCUT2D eigenvalue weighted by Gasteiger charge is -1.95. The molecule has 0 aliphatic carbocycles. The quantitative estimate of drug-likeness (QED) is 0.697. The first kappa shape index (κ1) is 11.3. The fraction of sp³-hybridized carbons (Fsp3) is 1.00. The van der Waals surface area contributed by atoms with Gasteiger partial charge < -0.3 is 4.20 Å². The summed E-state index contributed by atoms with van der Waals surface area (Å²) in [4.78, 5) is 0. The zero-order valence-electron chi connectivity index (χ0n) is 5.82. The predicted molar refractivity (Wildman–Crippen MR) is 40.9 cm³/mol. The van der Waals surface area contributed by atoms with Crippen LogP contribution in [0.4, 0.5) is 0 Å². The van der Waals surface area contributed by atoms with E-state index in [1.807, 2.05) is 16.3 Å². The van der Waals surface area contributed by atoms with E-state index >= 15 is 0 Å². The lowest BCUT2D eigenvalue weighted by Crippen LogP contribution is -1.81. The highest BCUT2D eigenvalue weighted by atomic mass is 79.9. The van der Waals surface area contributed by atoms with Gasteiger partial charge in [0.2, 0.25) is 0 Å². The van der Waals surface area contributed by atoms with E-state index in [4.69, 9.17) is 4.20 Å². The van der Waals surface area contributed by atoms with Crippen molar-refractivity contribution in [3.8, 4) is 0 Å². The molecule has 2 heteroatoms. The van der Waals surface area contributed by atoms with Crippen molar-refractivity contribution in [1.82, 2.24) is 0 Å². The molecule has 52 valence electrons. The second-order valence-corrected chi connectivity index (χ2v) is 2.18. The average molecular weight is 183 g/mol. The van der Waals surface area contributed by atoms with Gasteiger partial charge in [-0.25, -0.2) is 0 Å². The summed E-state index contributed by atoms with van der Waals surface area (Å²) in [6, 6.07) is 0. The summed E-state index contributed by atoms with van der Waals surface area (Å²) in [5.41, 5.74) is 0. The Morgan fingerprint density at radius 3 is 1.75 bits per heavy atom. The largest absolute Gasteiger partial charge is 0.324 e. The number of rotatable bonds is 2. The molecular formula is C6H15BrO. The van der Waals surface area contributed by atoms with Gasteiger partial charge in [-0.2, -0.15) is 0 Å². The lowest BCUT2D eigenvalue weighted by atomic mass is 10.1. The SMILES string of the molecule is CCCC(C)C.OBr. The Morgan fingerprint density at radius 1 is 1.38 bits per heavy atom. The van der Waals surface area contributed by atoms with Gasteiger partial charge in [0, 0.05) is 0 Å². The molecular weight excluding hydrogens is 168 g/mol. The van der Waals surface area contributed by atoms with Gasteiger partial charge >= 0.3 is 0 Å². The fourth-order valence-corrected chi connectivity index (χ4v) is 0.577. The van der Waals surface area contributed by atoms with Crippen LogP contribution in [0.5, 0.6) is 0 Å². The Hall–Kier alpha value is 0.440. The third-order valence-electron chi connectivity index (χ3n) is 0.866. The standard InChI is InChI=1S/C6H14.BrHO/c1-4-5-6(2)3;1-2/h6H,4-5H2,1-3H3;2H. The third kappa shape index (κ3) is 16.1. The Kier molecular flexibility index (Phi) is 14.7. The molecule has 0 unspecified atom stereocenters. The summed E-state index contributed by atoms with van der Waals surface area (Å²) in [6.45, 7) is 6.73. The molecule has 8 heavy (non-hydrogen) atoms. The maximum atomic E-state index is 6.81. The highest BCUT2D eigenvalue weighted by Crippen LogP contribution is 2.00. The van der Waals surface area contributed by atoms with E-state index in [0.29, 0.717) is 0 Å². The Labute approximate surface area is 60.6 Å². The van der Waals surface area contributed by atoms with Crippen molar-refractivity contribution in [3.05, 3.63) is 0 Å². The number of hydrogen-bond acceptors (Lipinski definition) is 1. The maximum absolute atomic E-state index is 6.81. The number of hydrogen-bond donors (Lipinski definition) is 1. The lowest BCUT2D eigenvalue weighted by molar-refractivity contribution is 0.576. The van der Waals surface area contributed by atoms with Crippen LogP contribution in [0.1, 0.15) is 33.6 Å². The van der Waals surface area contributed by atoms with Crippen molar-refractivity contribution in [1.29, 1.82) is 0 Å². The molecule has 0 aromatic heterocycles. The topological polar surface area (TPSA) is 20.2 Å². The van der Waals surface area contributed by atoms with Crippen LogP contribution in [-0.4, -0.2) is 4.20 Å². The normalized spacial score (nSPS) is 8.25. The van der Waals surface area contributed by atoms with Gasteiger partial charge in [-0.05, 0) is 5.92 Å². The second kappa shape index (κ2) is 10.4. The fourth-order valence-electron chi connectivity index (χ4n) is 0.577. The highest BCUT2D eigenvalue weighted by molar-refractivity contribution is 9.05. The predicted octanol–water partition coefficient (Wildman–Crippen LogP) is 2.73. The Morgan fingerprint density at radius 2 is 1.75 bits per heavy atom. The van der Waals surface area contributed by atoms with Gasteiger partial charge in [0.1, 0.15) is 0 Å². The molecule has 0 amide bonds. The Balaban J connectivity index is 0. The molecule has 1 N–H and O–H groups in total. The van der Waals surface area contributed by atoms with Crippen molar-refractivity contribution in [2.75, 3.05) is 0 Å². The smallest absolute Gasteiger partial charge is 0.0957 e. The number of halogens is 1. The minimum Gasteiger partial charge on any atom is -0.324 e. The van der Waals surface area contributed by atoms with Crippen LogP contribution in [0.15, 0.2) is 0 Å². The van der Waals surface area contributed by atoms with Crippen LogP contribution in [0.25, 0.3) is 0 Å². The molecule has 0 spiro atoms. The maximum Gasteiger partial charge on any atom is 0.0957 e. The minimum absolute atomic E-state index is 0.898. The Bertz CT molecular complexity index is 29.7. The summed E-state index contributed by atoms with van der Waals surface area (Å²) in [7, 11) is 0. The molecule has 0 atom stereocenters. The summed E-state index contributed by atoms with van der Waals surface area (Å²) in [5.74, 6) is 0.898. The molecule has 1 nitrogen and oxygen atoms in total. The van der Waals surface area contributed by atoms with Gasteiger partial charge in [-0.15, -0.1) is 0 Å². The summed E-state index contributed by atoms with van der Waals surface area (Å²) >= 11 is 1.94. The first-order valence-corrected chi connectivity index (χ1v) is 3.65. The van der Waals surface area contributed by atoms with Gasteiger partial charge in [0.05, 0.1) is 16.3 Å². The van der Waals surface area contributed by atoms with E-state index in [1.54, 1.807) is 0 Å². The molecule has 0 aliphatic heterocycles. The van der Waals surface area contributed by atoms with Crippen LogP contribution in [0, 0.1) is 5.92 Å². The van der Waals surface area contributed by atoms with Crippen molar-refractivity contribution < 1.29 is 4.20 Å². The van der Waals surface area contributed by atoms with E-state index in [0.717, 1.165) is 5.92 Å². The van der Waals surface area contributed by atoms with E-state index in [1.165, 1.54) is 12.8 Å². The first-order valence-electron chi connectivity index (χ1n) is 2.94. The summed E-state index contributed by atoms with van der Waals surface area (Å²) < 4.78 is 6.81. The zero-order chi connectivity index (χ0) is 6.99. The summed E-state index contributed by atoms with van der Waals surface area (Å²) in [6.07, 6.45) is 2.71. The van der Waals surface area contributed by atoms with Crippen LogP contribution in [-0.2, 0) is 0 Å². The van der Waals surface area contributed by atoms with E-state index < -0.39 is 0 Å². The van der Waals surface area contributed by atoms with Gasteiger partial charge in [-0.3, -0.25) is 0 Å². The van der Waals surface area contributed by atoms with Crippen molar-refractivity contribution in [2.24, 2.45) is 5.92 Å². The molecule has 0 radical (unpaired) electrons. The van der Waals surface area contributed by atoms with Crippen LogP contribution in [0.2, 0.25) is 0 Å². The van der Waals surface area contributed by atoms with E-state index in [9.17, 15) is 0 Å². The van der Waals surface area contributed by atoms with E-state index in [2.05, 4.69) is 20.8 Å². The van der Waals surface area contributed by atoms with Gasteiger partial charge in [0.25, 0.3) is 0 Å². The van der Waals surface area contributed by atoms with Crippen LogP contribution < -0.4 is 0 Å². The highest BCUT2D eigenvalue weighted by Gasteiger charge is 1.85. The molecule has 0 aromatic rings.